The Morgan fingerprint density at radius 3 is 2.17 bits per heavy atom. The van der Waals surface area contributed by atoms with Crippen LogP contribution in [0.15, 0.2) is 24.3 Å². The fourth-order valence-corrected chi connectivity index (χ4v) is 4.74. The third kappa shape index (κ3) is 4.13. The highest BCUT2D eigenvalue weighted by Crippen LogP contribution is 2.37. The first-order chi connectivity index (χ1) is 11.3. The number of fused-ring (bicyclic) bond motifs is 1. The molecule has 0 N–H and O–H groups in total. The highest BCUT2D eigenvalue weighted by atomic mass is 33.1. The maximum atomic E-state index is 12.6. The third-order valence-corrected chi connectivity index (χ3v) is 6.56. The lowest BCUT2D eigenvalue weighted by Gasteiger charge is -2.25. The van der Waals surface area contributed by atoms with E-state index in [9.17, 15) is 14.4 Å². The van der Waals surface area contributed by atoms with E-state index in [1.54, 1.807) is 42.0 Å². The smallest absolute Gasteiger partial charge is 0.330 e. The second-order valence-electron chi connectivity index (χ2n) is 6.27. The van der Waals surface area contributed by atoms with E-state index in [0.717, 1.165) is 4.90 Å². The zero-order chi connectivity index (χ0) is 17.9. The summed E-state index contributed by atoms with van der Waals surface area (Å²) in [6, 6.07) is 5.70. The van der Waals surface area contributed by atoms with Crippen LogP contribution in [0.4, 0.5) is 0 Å². The molecule has 7 heteroatoms. The van der Waals surface area contributed by atoms with Crippen LogP contribution in [0, 0.1) is 0 Å². The molecule has 130 valence electrons. The Balaban J connectivity index is 2.23. The number of benzene rings is 1. The number of carbonyl (C=O) groups excluding carboxylic acids is 3. The second-order valence-corrected chi connectivity index (χ2v) is 9.44. The van der Waals surface area contributed by atoms with Gasteiger partial charge >= 0.3 is 5.97 Å². The molecule has 1 unspecified atom stereocenters. The number of carbonyl (C=O) groups is 3. The first-order valence-corrected chi connectivity index (χ1v) is 10.0. The molecule has 0 saturated carbocycles. The van der Waals surface area contributed by atoms with Gasteiger partial charge in [0, 0.05) is 10.5 Å². The predicted octanol–water partition coefficient (Wildman–Crippen LogP) is 3.39. The number of ether oxygens (including phenoxy) is 1. The van der Waals surface area contributed by atoms with Crippen LogP contribution in [0.3, 0.4) is 0 Å². The van der Waals surface area contributed by atoms with Crippen LogP contribution in [-0.4, -0.2) is 45.8 Å². The van der Waals surface area contributed by atoms with E-state index in [1.807, 2.05) is 0 Å². The van der Waals surface area contributed by atoms with Crippen molar-refractivity contribution in [1.82, 2.24) is 4.90 Å². The molecular formula is C17H21NO4S2. The molecule has 0 fully saturated rings. The Labute approximate surface area is 149 Å². The van der Waals surface area contributed by atoms with Crippen molar-refractivity contribution in [3.63, 3.8) is 0 Å². The van der Waals surface area contributed by atoms with Crippen molar-refractivity contribution < 1.29 is 19.1 Å². The molecule has 1 aliphatic rings. The van der Waals surface area contributed by atoms with Crippen molar-refractivity contribution in [2.24, 2.45) is 0 Å². The monoisotopic (exact) mass is 367 g/mol. The van der Waals surface area contributed by atoms with Crippen LogP contribution < -0.4 is 0 Å². The van der Waals surface area contributed by atoms with Gasteiger partial charge < -0.3 is 4.74 Å². The highest BCUT2D eigenvalue weighted by molar-refractivity contribution is 8.77. The van der Waals surface area contributed by atoms with E-state index in [1.165, 1.54) is 10.8 Å². The fraction of sp³-hybridized carbons (Fsp3) is 0.471. The molecule has 2 amide bonds. The average molecular weight is 367 g/mol. The van der Waals surface area contributed by atoms with Gasteiger partial charge in [0.05, 0.1) is 17.7 Å². The number of nitrogens with zero attached hydrogens (tertiary/aromatic N) is 1. The molecule has 0 saturated heterocycles. The molecule has 1 atom stereocenters. The zero-order valence-electron chi connectivity index (χ0n) is 14.2. The first-order valence-electron chi connectivity index (χ1n) is 7.70. The van der Waals surface area contributed by atoms with Crippen molar-refractivity contribution in [1.29, 1.82) is 0 Å². The highest BCUT2D eigenvalue weighted by Gasteiger charge is 2.43. The number of hydrogen-bond acceptors (Lipinski definition) is 6. The van der Waals surface area contributed by atoms with Gasteiger partial charge in [-0.05, 0) is 19.1 Å². The molecule has 5 nitrogen and oxygen atoms in total. The Bertz CT molecular complexity index is 619. The van der Waals surface area contributed by atoms with Gasteiger partial charge in [0.1, 0.15) is 6.04 Å². The van der Waals surface area contributed by atoms with Gasteiger partial charge in [-0.25, -0.2) is 4.79 Å². The van der Waals surface area contributed by atoms with Gasteiger partial charge in [-0.2, -0.15) is 0 Å². The van der Waals surface area contributed by atoms with E-state index in [4.69, 9.17) is 4.74 Å². The maximum absolute atomic E-state index is 12.6. The number of amides is 2. The largest absolute Gasteiger partial charge is 0.464 e. The van der Waals surface area contributed by atoms with Crippen LogP contribution in [-0.2, 0) is 9.53 Å². The van der Waals surface area contributed by atoms with Crippen molar-refractivity contribution in [3.8, 4) is 0 Å². The lowest BCUT2D eigenvalue weighted by Crippen LogP contribution is -2.47. The van der Waals surface area contributed by atoms with E-state index >= 15 is 0 Å². The minimum atomic E-state index is -0.919. The Kier molecular flexibility index (Phi) is 5.98. The summed E-state index contributed by atoms with van der Waals surface area (Å²) in [6.07, 6.45) is 0. The minimum absolute atomic E-state index is 0.00582. The quantitative estimate of drug-likeness (QED) is 0.436. The summed E-state index contributed by atoms with van der Waals surface area (Å²) in [5, 5.41) is 0. The Hall–Kier alpha value is -1.47. The zero-order valence-corrected chi connectivity index (χ0v) is 15.8. The summed E-state index contributed by atoms with van der Waals surface area (Å²) in [4.78, 5) is 38.6. The molecule has 0 aromatic heterocycles. The SMILES string of the molecule is CCOC(=O)C(CSSC(C)(C)C)N1C(=O)c2ccccc2C1=O. The molecule has 0 spiro atoms. The van der Waals surface area contributed by atoms with Gasteiger partial charge in [-0.1, -0.05) is 54.5 Å². The number of hydrogen-bond donors (Lipinski definition) is 0. The third-order valence-electron chi connectivity index (χ3n) is 3.23. The topological polar surface area (TPSA) is 63.7 Å². The standard InChI is InChI=1S/C17H21NO4S2/c1-5-22-16(21)13(10-23-24-17(2,3)4)18-14(19)11-8-6-7-9-12(11)15(18)20/h6-9,13H,5,10H2,1-4H3. The molecule has 0 radical (unpaired) electrons. The fourth-order valence-electron chi connectivity index (χ4n) is 2.25. The number of esters is 1. The molecule has 1 aliphatic heterocycles. The van der Waals surface area contributed by atoms with Crippen LogP contribution in [0.5, 0.6) is 0 Å². The van der Waals surface area contributed by atoms with E-state index < -0.39 is 23.8 Å². The second kappa shape index (κ2) is 7.61. The molecule has 1 aromatic rings. The summed E-state index contributed by atoms with van der Waals surface area (Å²) < 4.78 is 5.09. The number of imide groups is 1. The molecule has 1 aromatic carbocycles. The van der Waals surface area contributed by atoms with Crippen LogP contribution in [0.1, 0.15) is 48.4 Å². The normalized spacial score (nSPS) is 15.4. The molecule has 2 rings (SSSR count). The van der Waals surface area contributed by atoms with Crippen molar-refractivity contribution >= 4 is 39.4 Å². The molecule has 0 aliphatic carbocycles. The molecule has 24 heavy (non-hydrogen) atoms. The van der Waals surface area contributed by atoms with E-state index in [2.05, 4.69) is 20.8 Å². The summed E-state index contributed by atoms with van der Waals surface area (Å²) >= 11 is 0. The molecular weight excluding hydrogens is 346 g/mol. The van der Waals surface area contributed by atoms with Gasteiger partial charge in [0.15, 0.2) is 0 Å². The van der Waals surface area contributed by atoms with Gasteiger partial charge in [-0.15, -0.1) is 0 Å². The van der Waals surface area contributed by atoms with E-state index in [0.29, 0.717) is 16.9 Å². The predicted molar refractivity (Wildman–Crippen MR) is 97.2 cm³/mol. The first kappa shape index (κ1) is 18.9. The van der Waals surface area contributed by atoms with Crippen LogP contribution in [0.25, 0.3) is 0 Å². The van der Waals surface area contributed by atoms with Crippen molar-refractivity contribution in [3.05, 3.63) is 35.4 Å². The summed E-state index contributed by atoms with van der Waals surface area (Å²) in [5.74, 6) is -1.12. The van der Waals surface area contributed by atoms with Gasteiger partial charge in [0.2, 0.25) is 0 Å². The van der Waals surface area contributed by atoms with Gasteiger partial charge in [-0.3, -0.25) is 14.5 Å². The lowest BCUT2D eigenvalue weighted by atomic mass is 10.1. The molecule has 0 bridgehead atoms. The van der Waals surface area contributed by atoms with E-state index in [-0.39, 0.29) is 11.4 Å². The van der Waals surface area contributed by atoms with Crippen molar-refractivity contribution in [2.45, 2.75) is 38.5 Å². The number of rotatable bonds is 6. The summed E-state index contributed by atoms with van der Waals surface area (Å²) in [7, 11) is 3.06. The van der Waals surface area contributed by atoms with Gasteiger partial charge in [0.25, 0.3) is 11.8 Å². The summed E-state index contributed by atoms with van der Waals surface area (Å²) in [6.45, 7) is 8.09. The summed E-state index contributed by atoms with van der Waals surface area (Å²) in [5.41, 5.74) is 0.676. The Morgan fingerprint density at radius 2 is 1.71 bits per heavy atom. The average Bonchev–Trinajstić information content (AvgIpc) is 2.76. The lowest BCUT2D eigenvalue weighted by molar-refractivity contribution is -0.146. The maximum Gasteiger partial charge on any atom is 0.330 e. The Morgan fingerprint density at radius 1 is 1.17 bits per heavy atom. The minimum Gasteiger partial charge on any atom is -0.464 e. The van der Waals surface area contributed by atoms with Crippen LogP contribution >= 0.6 is 21.6 Å². The van der Waals surface area contributed by atoms with Crippen LogP contribution in [0.2, 0.25) is 0 Å². The molecule has 1 heterocycles. The van der Waals surface area contributed by atoms with Crippen molar-refractivity contribution in [2.75, 3.05) is 12.4 Å².